The lowest BCUT2D eigenvalue weighted by molar-refractivity contribution is -0.136. The molecule has 1 aliphatic rings. The van der Waals surface area contributed by atoms with E-state index in [1.54, 1.807) is 18.2 Å². The molecule has 0 bridgehead atoms. The van der Waals surface area contributed by atoms with Crippen molar-refractivity contribution >= 4 is 17.5 Å². The van der Waals surface area contributed by atoms with Gasteiger partial charge in [-0.25, -0.2) is 0 Å². The van der Waals surface area contributed by atoms with Crippen LogP contribution in [-0.4, -0.2) is 56.1 Å². The molecule has 1 heterocycles. The Morgan fingerprint density at radius 3 is 2.25 bits per heavy atom. The molecule has 0 saturated carbocycles. The van der Waals surface area contributed by atoms with E-state index in [4.69, 9.17) is 9.47 Å². The fourth-order valence-corrected chi connectivity index (χ4v) is 2.69. The molecule has 0 radical (unpaired) electrons. The van der Waals surface area contributed by atoms with Gasteiger partial charge in [0.25, 0.3) is 0 Å². The zero-order valence-electron chi connectivity index (χ0n) is 14.6. The average Bonchev–Trinajstić information content (AvgIpc) is 3.03. The second kappa shape index (κ2) is 8.01. The zero-order chi connectivity index (χ0) is 17.7. The first kappa shape index (κ1) is 18.1. The number of nitrogens with one attached hydrogen (secondary N) is 2. The quantitative estimate of drug-likeness (QED) is 0.792. The van der Waals surface area contributed by atoms with Crippen LogP contribution in [0.4, 0.5) is 5.69 Å². The largest absolute Gasteiger partial charge is 0.497 e. The van der Waals surface area contributed by atoms with Gasteiger partial charge >= 0.3 is 11.8 Å². The van der Waals surface area contributed by atoms with E-state index in [0.29, 0.717) is 23.2 Å². The third kappa shape index (κ3) is 4.61. The van der Waals surface area contributed by atoms with Crippen LogP contribution in [-0.2, 0) is 9.59 Å². The molecule has 2 N–H and O–H groups in total. The Hall–Kier alpha value is -2.28. The molecule has 1 aromatic carbocycles. The van der Waals surface area contributed by atoms with Gasteiger partial charge in [-0.05, 0) is 20.3 Å². The van der Waals surface area contributed by atoms with Crippen LogP contribution in [0.5, 0.6) is 11.5 Å². The highest BCUT2D eigenvalue weighted by molar-refractivity contribution is 6.39. The van der Waals surface area contributed by atoms with E-state index in [-0.39, 0.29) is 6.04 Å². The number of anilines is 1. The number of hydrogen-bond acceptors (Lipinski definition) is 5. The normalized spacial score (nSPS) is 17.6. The molecule has 2 rings (SSSR count). The molecule has 24 heavy (non-hydrogen) atoms. The molecule has 1 aromatic rings. The first-order chi connectivity index (χ1) is 11.4. The predicted molar refractivity (Wildman–Crippen MR) is 91.4 cm³/mol. The lowest BCUT2D eigenvalue weighted by atomic mass is 10.2. The number of rotatable bonds is 5. The van der Waals surface area contributed by atoms with Gasteiger partial charge in [0.1, 0.15) is 11.5 Å². The summed E-state index contributed by atoms with van der Waals surface area (Å²) in [5, 5.41) is 5.36. The number of benzene rings is 1. The first-order valence-corrected chi connectivity index (χ1v) is 8.02. The summed E-state index contributed by atoms with van der Waals surface area (Å²) in [4.78, 5) is 26.5. The van der Waals surface area contributed by atoms with Gasteiger partial charge in [0.2, 0.25) is 0 Å². The molecule has 0 aromatic heterocycles. The number of methoxy groups -OCH3 is 2. The smallest absolute Gasteiger partial charge is 0.313 e. The fraction of sp³-hybridized carbons (Fsp3) is 0.529. The maximum absolute atomic E-state index is 12.1. The topological polar surface area (TPSA) is 79.9 Å². The molecule has 0 spiro atoms. The highest BCUT2D eigenvalue weighted by Gasteiger charge is 2.27. The summed E-state index contributed by atoms with van der Waals surface area (Å²) in [7, 11) is 3.04. The predicted octanol–water partition coefficient (Wildman–Crippen LogP) is 1.24. The van der Waals surface area contributed by atoms with Crippen LogP contribution < -0.4 is 20.1 Å². The van der Waals surface area contributed by atoms with Crippen molar-refractivity contribution < 1.29 is 19.1 Å². The van der Waals surface area contributed by atoms with Crippen molar-refractivity contribution in [2.75, 3.05) is 32.6 Å². The summed E-state index contributed by atoms with van der Waals surface area (Å²) in [5.74, 6) is -0.262. The number of amides is 2. The second-order valence-electron chi connectivity index (χ2n) is 6.10. The first-order valence-electron chi connectivity index (χ1n) is 8.02. The minimum atomic E-state index is -0.701. The molecule has 0 aliphatic carbocycles. The van der Waals surface area contributed by atoms with Crippen molar-refractivity contribution in [2.24, 2.45) is 0 Å². The maximum Gasteiger partial charge on any atom is 0.313 e. The third-order valence-electron chi connectivity index (χ3n) is 4.10. The van der Waals surface area contributed by atoms with Gasteiger partial charge in [-0.3, -0.25) is 14.5 Å². The van der Waals surface area contributed by atoms with Crippen LogP contribution in [0.15, 0.2) is 18.2 Å². The molecule has 2 amide bonds. The van der Waals surface area contributed by atoms with Crippen LogP contribution in [0.25, 0.3) is 0 Å². The molecular weight excluding hydrogens is 310 g/mol. The van der Waals surface area contributed by atoms with Crippen LogP contribution in [0, 0.1) is 0 Å². The van der Waals surface area contributed by atoms with Crippen LogP contribution in [0.3, 0.4) is 0 Å². The lowest BCUT2D eigenvalue weighted by Gasteiger charge is -2.20. The van der Waals surface area contributed by atoms with Crippen molar-refractivity contribution in [2.45, 2.75) is 32.4 Å². The number of likely N-dealkylation sites (tertiary alicyclic amines) is 1. The summed E-state index contributed by atoms with van der Waals surface area (Å²) < 4.78 is 10.3. The van der Waals surface area contributed by atoms with E-state index in [2.05, 4.69) is 29.4 Å². The lowest BCUT2D eigenvalue weighted by Crippen LogP contribution is -2.43. The standard InChI is InChI=1S/C17H25N3O4/c1-11(2)20-6-5-12(10-20)18-16(21)17(22)19-13-7-14(23-3)9-15(8-13)24-4/h7-9,11-12H,5-6,10H2,1-4H3,(H,18,21)(H,19,22). The summed E-state index contributed by atoms with van der Waals surface area (Å²) in [6, 6.07) is 5.39. The molecule has 7 nitrogen and oxygen atoms in total. The molecular formula is C17H25N3O4. The molecule has 1 aliphatic heterocycles. The van der Waals surface area contributed by atoms with Crippen molar-refractivity contribution in [1.82, 2.24) is 10.2 Å². The Morgan fingerprint density at radius 2 is 1.75 bits per heavy atom. The molecule has 1 fully saturated rings. The van der Waals surface area contributed by atoms with Crippen molar-refractivity contribution in [3.8, 4) is 11.5 Å². The highest BCUT2D eigenvalue weighted by atomic mass is 16.5. The summed E-state index contributed by atoms with van der Waals surface area (Å²) in [6.07, 6.45) is 0.851. The zero-order valence-corrected chi connectivity index (χ0v) is 14.6. The molecule has 1 unspecified atom stereocenters. The average molecular weight is 335 g/mol. The SMILES string of the molecule is COc1cc(NC(=O)C(=O)NC2CCN(C(C)C)C2)cc(OC)c1. The minimum absolute atomic E-state index is 0.00509. The van der Waals surface area contributed by atoms with Gasteiger partial charge in [0, 0.05) is 49.1 Å². The number of carbonyl (C=O) groups excluding carboxylic acids is 2. The van der Waals surface area contributed by atoms with Gasteiger partial charge in [-0.2, -0.15) is 0 Å². The van der Waals surface area contributed by atoms with E-state index >= 15 is 0 Å². The fourth-order valence-electron chi connectivity index (χ4n) is 2.69. The van der Waals surface area contributed by atoms with E-state index in [9.17, 15) is 9.59 Å². The Labute approximate surface area is 142 Å². The molecule has 1 atom stereocenters. The molecule has 7 heteroatoms. The Balaban J connectivity index is 1.93. The van der Waals surface area contributed by atoms with Gasteiger partial charge in [-0.1, -0.05) is 0 Å². The van der Waals surface area contributed by atoms with Crippen molar-refractivity contribution in [1.29, 1.82) is 0 Å². The monoisotopic (exact) mass is 335 g/mol. The van der Waals surface area contributed by atoms with Crippen LogP contribution in [0.1, 0.15) is 20.3 Å². The van der Waals surface area contributed by atoms with Crippen LogP contribution in [0.2, 0.25) is 0 Å². The second-order valence-corrected chi connectivity index (χ2v) is 6.10. The van der Waals surface area contributed by atoms with E-state index in [1.807, 2.05) is 0 Å². The maximum atomic E-state index is 12.1. The Morgan fingerprint density at radius 1 is 1.12 bits per heavy atom. The van der Waals surface area contributed by atoms with E-state index < -0.39 is 11.8 Å². The number of ether oxygens (including phenoxy) is 2. The van der Waals surface area contributed by atoms with Crippen molar-refractivity contribution in [3.63, 3.8) is 0 Å². The summed E-state index contributed by atoms with van der Waals surface area (Å²) in [6.45, 7) is 5.93. The van der Waals surface area contributed by atoms with Gasteiger partial charge in [0.05, 0.1) is 14.2 Å². The number of carbonyl (C=O) groups is 2. The minimum Gasteiger partial charge on any atom is -0.497 e. The van der Waals surface area contributed by atoms with E-state index in [0.717, 1.165) is 19.5 Å². The van der Waals surface area contributed by atoms with Crippen molar-refractivity contribution in [3.05, 3.63) is 18.2 Å². The third-order valence-corrected chi connectivity index (χ3v) is 4.10. The van der Waals surface area contributed by atoms with Crippen LogP contribution >= 0.6 is 0 Å². The van der Waals surface area contributed by atoms with Gasteiger partial charge in [0.15, 0.2) is 0 Å². The summed E-state index contributed by atoms with van der Waals surface area (Å²) >= 11 is 0. The summed E-state index contributed by atoms with van der Waals surface area (Å²) in [5.41, 5.74) is 0.446. The molecule has 132 valence electrons. The Bertz CT molecular complexity index is 581. The van der Waals surface area contributed by atoms with E-state index in [1.165, 1.54) is 14.2 Å². The molecule has 1 saturated heterocycles. The van der Waals surface area contributed by atoms with Gasteiger partial charge < -0.3 is 20.1 Å². The Kier molecular flexibility index (Phi) is 6.03. The highest BCUT2D eigenvalue weighted by Crippen LogP contribution is 2.25. The number of nitrogens with zero attached hydrogens (tertiary/aromatic N) is 1. The number of hydrogen-bond donors (Lipinski definition) is 2. The van der Waals surface area contributed by atoms with Gasteiger partial charge in [-0.15, -0.1) is 0 Å².